The lowest BCUT2D eigenvalue weighted by Crippen LogP contribution is -2.43. The van der Waals surface area contributed by atoms with E-state index in [9.17, 15) is 4.79 Å². The van der Waals surface area contributed by atoms with Gasteiger partial charge in [-0.15, -0.1) is 11.3 Å². The number of nitrogens with one attached hydrogen (secondary N) is 2. The summed E-state index contributed by atoms with van der Waals surface area (Å²) in [5.41, 5.74) is 0.629. The van der Waals surface area contributed by atoms with Gasteiger partial charge in [-0.2, -0.15) is 0 Å². The number of carbonyl (C=O) groups excluding carboxylic acids is 1. The number of ether oxygens (including phenoxy) is 1. The molecule has 0 saturated heterocycles. The highest BCUT2D eigenvalue weighted by Gasteiger charge is 2.22. The smallest absolute Gasteiger partial charge is 0.410 e. The molecule has 1 aromatic rings. The quantitative estimate of drug-likeness (QED) is 0.546. The molecule has 1 rings (SSSR count). The number of hydrogen-bond acceptors (Lipinski definition) is 5. The Balaban J connectivity index is 2.32. The summed E-state index contributed by atoms with van der Waals surface area (Å²) in [7, 11) is 3.52. The molecule has 1 unspecified atom stereocenters. The molecule has 0 spiro atoms. The van der Waals surface area contributed by atoms with Crippen molar-refractivity contribution >= 4 is 23.4 Å². The first-order valence-corrected chi connectivity index (χ1v) is 10.2. The summed E-state index contributed by atoms with van der Waals surface area (Å²) in [6.45, 7) is 13.2. The Kier molecular flexibility index (Phi) is 9.02. The number of aromatic nitrogens is 1. The molecular formula is C19H35N5O2S. The fourth-order valence-corrected chi connectivity index (χ4v) is 3.20. The average molecular weight is 398 g/mol. The average Bonchev–Trinajstić information content (AvgIpc) is 2.88. The predicted molar refractivity (Wildman–Crippen MR) is 113 cm³/mol. The van der Waals surface area contributed by atoms with Gasteiger partial charge < -0.3 is 20.3 Å². The first-order valence-electron chi connectivity index (χ1n) is 9.36. The van der Waals surface area contributed by atoms with E-state index in [1.807, 2.05) is 34.6 Å². The van der Waals surface area contributed by atoms with Gasteiger partial charge in [0.1, 0.15) is 5.60 Å². The van der Waals surface area contributed by atoms with Crippen molar-refractivity contribution in [2.45, 2.75) is 66.0 Å². The maximum absolute atomic E-state index is 12.1. The van der Waals surface area contributed by atoms with Crippen molar-refractivity contribution in [3.63, 3.8) is 0 Å². The van der Waals surface area contributed by atoms with Crippen LogP contribution in [0.15, 0.2) is 4.99 Å². The summed E-state index contributed by atoms with van der Waals surface area (Å²) >= 11 is 1.74. The van der Waals surface area contributed by atoms with Crippen LogP contribution in [0.1, 0.15) is 49.7 Å². The second-order valence-electron chi connectivity index (χ2n) is 7.65. The molecule has 154 valence electrons. The number of nitrogens with zero attached hydrogens (tertiary/aromatic N) is 3. The van der Waals surface area contributed by atoms with E-state index in [2.05, 4.69) is 27.5 Å². The van der Waals surface area contributed by atoms with E-state index in [-0.39, 0.29) is 12.1 Å². The van der Waals surface area contributed by atoms with Crippen LogP contribution in [-0.4, -0.2) is 60.8 Å². The van der Waals surface area contributed by atoms with Crippen molar-refractivity contribution in [1.29, 1.82) is 0 Å². The third-order valence-electron chi connectivity index (χ3n) is 4.12. The van der Waals surface area contributed by atoms with Gasteiger partial charge in [0.05, 0.1) is 10.7 Å². The van der Waals surface area contributed by atoms with E-state index in [0.29, 0.717) is 6.54 Å². The van der Waals surface area contributed by atoms with Gasteiger partial charge in [-0.05, 0) is 48.0 Å². The van der Waals surface area contributed by atoms with Crippen LogP contribution < -0.4 is 10.6 Å². The van der Waals surface area contributed by atoms with Crippen molar-refractivity contribution in [3.8, 4) is 0 Å². The molecule has 0 saturated carbocycles. The Hall–Kier alpha value is -1.83. The van der Waals surface area contributed by atoms with Crippen molar-refractivity contribution in [2.24, 2.45) is 4.99 Å². The number of thiazole rings is 1. The van der Waals surface area contributed by atoms with Gasteiger partial charge in [0.25, 0.3) is 0 Å². The maximum Gasteiger partial charge on any atom is 0.410 e. The Labute approximate surface area is 167 Å². The monoisotopic (exact) mass is 397 g/mol. The highest BCUT2D eigenvalue weighted by atomic mass is 32.1. The van der Waals surface area contributed by atoms with Crippen LogP contribution in [0.5, 0.6) is 0 Å². The molecule has 0 aliphatic rings. The SMILES string of the molecule is CN=C(NCCc1nc(C)c(C)s1)NCCC(C)N(C)C(=O)OC(C)(C)C. The number of carbonyl (C=O) groups is 1. The Morgan fingerprint density at radius 2 is 1.93 bits per heavy atom. The minimum Gasteiger partial charge on any atom is -0.444 e. The highest BCUT2D eigenvalue weighted by Crippen LogP contribution is 2.16. The normalized spacial score (nSPS) is 13.3. The van der Waals surface area contributed by atoms with Crippen LogP contribution in [0.25, 0.3) is 0 Å². The fourth-order valence-electron chi connectivity index (χ4n) is 2.26. The first-order chi connectivity index (χ1) is 12.5. The highest BCUT2D eigenvalue weighted by molar-refractivity contribution is 7.11. The first kappa shape index (κ1) is 23.2. The molecule has 8 heteroatoms. The Morgan fingerprint density at radius 1 is 1.30 bits per heavy atom. The van der Waals surface area contributed by atoms with E-state index in [1.54, 1.807) is 30.3 Å². The third kappa shape index (κ3) is 8.60. The summed E-state index contributed by atoms with van der Waals surface area (Å²) in [6.07, 6.45) is 1.37. The lowest BCUT2D eigenvalue weighted by molar-refractivity contribution is 0.0230. The van der Waals surface area contributed by atoms with E-state index in [0.717, 1.165) is 36.0 Å². The predicted octanol–water partition coefficient (Wildman–Crippen LogP) is 3.11. The number of aliphatic imine (C=N–C) groups is 1. The van der Waals surface area contributed by atoms with Gasteiger partial charge in [0, 0.05) is 44.5 Å². The number of amides is 1. The molecule has 2 N–H and O–H groups in total. The molecule has 0 aromatic carbocycles. The lowest BCUT2D eigenvalue weighted by atomic mass is 10.2. The minimum absolute atomic E-state index is 0.0618. The molecule has 1 amide bonds. The van der Waals surface area contributed by atoms with Crippen molar-refractivity contribution in [2.75, 3.05) is 27.2 Å². The fraction of sp³-hybridized carbons (Fsp3) is 0.737. The summed E-state index contributed by atoms with van der Waals surface area (Å²) in [5.74, 6) is 0.757. The van der Waals surface area contributed by atoms with Crippen LogP contribution in [0, 0.1) is 13.8 Å². The number of aryl methyl sites for hydroxylation is 2. The molecule has 7 nitrogen and oxygen atoms in total. The van der Waals surface area contributed by atoms with Gasteiger partial charge in [0.2, 0.25) is 0 Å². The lowest BCUT2D eigenvalue weighted by Gasteiger charge is -2.28. The zero-order chi connectivity index (χ0) is 20.6. The summed E-state index contributed by atoms with van der Waals surface area (Å²) in [6, 6.07) is 0.0618. The largest absolute Gasteiger partial charge is 0.444 e. The van der Waals surface area contributed by atoms with Crippen LogP contribution in [0.3, 0.4) is 0 Å². The van der Waals surface area contributed by atoms with Crippen LogP contribution in [0.4, 0.5) is 4.79 Å². The van der Waals surface area contributed by atoms with Gasteiger partial charge in [-0.1, -0.05) is 0 Å². The standard InChI is InChI=1S/C19H35N5O2S/c1-13(24(8)18(25)26-19(4,5)6)9-11-21-17(20-7)22-12-10-16-23-14(2)15(3)27-16/h13H,9-12H2,1-8H3,(H2,20,21,22). The van der Waals surface area contributed by atoms with Crippen LogP contribution in [-0.2, 0) is 11.2 Å². The van der Waals surface area contributed by atoms with Gasteiger partial charge in [-0.25, -0.2) is 9.78 Å². The Bertz CT molecular complexity index is 617. The molecule has 1 heterocycles. The summed E-state index contributed by atoms with van der Waals surface area (Å²) in [5, 5.41) is 7.73. The second-order valence-corrected chi connectivity index (χ2v) is 8.94. The number of hydrogen-bond donors (Lipinski definition) is 2. The molecular weight excluding hydrogens is 362 g/mol. The van der Waals surface area contributed by atoms with Crippen LogP contribution in [0.2, 0.25) is 0 Å². The Morgan fingerprint density at radius 3 is 2.44 bits per heavy atom. The second kappa shape index (κ2) is 10.5. The molecule has 0 aliphatic carbocycles. The third-order valence-corrected chi connectivity index (χ3v) is 5.26. The van der Waals surface area contributed by atoms with E-state index >= 15 is 0 Å². The van der Waals surface area contributed by atoms with Crippen molar-refractivity contribution in [3.05, 3.63) is 15.6 Å². The molecule has 1 aromatic heterocycles. The van der Waals surface area contributed by atoms with Gasteiger partial charge >= 0.3 is 6.09 Å². The molecule has 0 fully saturated rings. The minimum atomic E-state index is -0.482. The maximum atomic E-state index is 12.1. The summed E-state index contributed by atoms with van der Waals surface area (Å²) in [4.78, 5) is 23.8. The number of rotatable bonds is 7. The van der Waals surface area contributed by atoms with Gasteiger partial charge in [0.15, 0.2) is 5.96 Å². The molecule has 0 radical (unpaired) electrons. The number of guanidine groups is 1. The van der Waals surface area contributed by atoms with Crippen molar-refractivity contribution in [1.82, 2.24) is 20.5 Å². The van der Waals surface area contributed by atoms with Crippen LogP contribution >= 0.6 is 11.3 Å². The van der Waals surface area contributed by atoms with E-state index in [4.69, 9.17) is 4.74 Å². The van der Waals surface area contributed by atoms with E-state index in [1.165, 1.54) is 4.88 Å². The zero-order valence-corrected chi connectivity index (χ0v) is 18.8. The summed E-state index contributed by atoms with van der Waals surface area (Å²) < 4.78 is 5.40. The van der Waals surface area contributed by atoms with E-state index < -0.39 is 5.60 Å². The topological polar surface area (TPSA) is 78.9 Å². The molecule has 27 heavy (non-hydrogen) atoms. The molecule has 0 bridgehead atoms. The van der Waals surface area contributed by atoms with Crippen molar-refractivity contribution < 1.29 is 9.53 Å². The van der Waals surface area contributed by atoms with Gasteiger partial charge in [-0.3, -0.25) is 4.99 Å². The zero-order valence-electron chi connectivity index (χ0n) is 18.0. The molecule has 0 aliphatic heterocycles. The molecule has 1 atom stereocenters.